The zero-order valence-corrected chi connectivity index (χ0v) is 13.5. The summed E-state index contributed by atoms with van der Waals surface area (Å²) in [7, 11) is 1.65. The summed E-state index contributed by atoms with van der Waals surface area (Å²) in [6.45, 7) is 0.448. The van der Waals surface area contributed by atoms with Crippen molar-refractivity contribution in [2.75, 3.05) is 7.11 Å². The molecule has 0 spiro atoms. The van der Waals surface area contributed by atoms with Crippen molar-refractivity contribution in [2.24, 2.45) is 0 Å². The maximum absolute atomic E-state index is 12.0. The Labute approximate surface area is 141 Å². The predicted octanol–water partition coefficient (Wildman–Crippen LogP) is 2.26. The lowest BCUT2D eigenvalue weighted by Crippen LogP contribution is -2.41. The van der Waals surface area contributed by atoms with Crippen molar-refractivity contribution < 1.29 is 14.3 Å². The van der Waals surface area contributed by atoms with Crippen LogP contribution < -0.4 is 15.4 Å². The number of carbonyl (C=O) groups is 2. The molecule has 0 bridgehead atoms. The molecule has 2 aromatic carbocycles. The molecular weight excluding hydrogens is 304 g/mol. The van der Waals surface area contributed by atoms with E-state index in [-0.39, 0.29) is 11.8 Å². The summed E-state index contributed by atoms with van der Waals surface area (Å²) in [4.78, 5) is 23.1. The van der Waals surface area contributed by atoms with E-state index in [4.69, 9.17) is 4.74 Å². The second-order valence-corrected chi connectivity index (χ2v) is 5.81. The molecular formula is C19H20N2O3. The van der Waals surface area contributed by atoms with Gasteiger partial charge in [0, 0.05) is 13.0 Å². The van der Waals surface area contributed by atoms with E-state index in [0.29, 0.717) is 19.4 Å². The van der Waals surface area contributed by atoms with Crippen LogP contribution in [0, 0.1) is 0 Å². The molecule has 1 saturated heterocycles. The zero-order valence-electron chi connectivity index (χ0n) is 13.5. The second-order valence-electron chi connectivity index (χ2n) is 5.81. The first-order valence-electron chi connectivity index (χ1n) is 7.96. The van der Waals surface area contributed by atoms with Gasteiger partial charge in [0.1, 0.15) is 11.8 Å². The van der Waals surface area contributed by atoms with Crippen LogP contribution in [0.4, 0.5) is 0 Å². The molecule has 1 fully saturated rings. The first-order chi connectivity index (χ1) is 11.7. The minimum atomic E-state index is -0.395. The van der Waals surface area contributed by atoms with E-state index in [1.165, 1.54) is 0 Å². The van der Waals surface area contributed by atoms with Crippen LogP contribution in [0.3, 0.4) is 0 Å². The molecule has 1 aliphatic heterocycles. The van der Waals surface area contributed by atoms with Gasteiger partial charge in [-0.25, -0.2) is 0 Å². The summed E-state index contributed by atoms with van der Waals surface area (Å²) >= 11 is 0. The Kier molecular flexibility index (Phi) is 4.79. The topological polar surface area (TPSA) is 67.4 Å². The highest BCUT2D eigenvalue weighted by atomic mass is 16.5. The van der Waals surface area contributed by atoms with E-state index in [2.05, 4.69) is 10.6 Å². The number of rotatable bonds is 5. The minimum absolute atomic E-state index is 0.0576. The van der Waals surface area contributed by atoms with Crippen LogP contribution in [0.15, 0.2) is 48.5 Å². The summed E-state index contributed by atoms with van der Waals surface area (Å²) in [5, 5.41) is 5.53. The first-order valence-corrected chi connectivity index (χ1v) is 7.96. The summed E-state index contributed by atoms with van der Waals surface area (Å²) in [5.41, 5.74) is 3.19. The van der Waals surface area contributed by atoms with Gasteiger partial charge in [-0.3, -0.25) is 9.59 Å². The Morgan fingerprint density at radius 2 is 2.00 bits per heavy atom. The standard InChI is InChI=1S/C19H20N2O3/c1-24-16-4-2-3-15(11-16)14-7-5-13(6-8-14)12-20-19(23)17-9-10-18(22)21-17/h2-8,11,17H,9-10,12H2,1H3,(H,20,23)(H,21,22)/t17-/m1/s1. The van der Waals surface area contributed by atoms with E-state index < -0.39 is 6.04 Å². The van der Waals surface area contributed by atoms with Crippen LogP contribution >= 0.6 is 0 Å². The molecule has 0 saturated carbocycles. The maximum atomic E-state index is 12.0. The number of benzene rings is 2. The third-order valence-corrected chi connectivity index (χ3v) is 4.14. The van der Waals surface area contributed by atoms with Gasteiger partial charge in [-0.1, -0.05) is 36.4 Å². The summed E-state index contributed by atoms with van der Waals surface area (Å²) in [6, 6.07) is 15.5. The Morgan fingerprint density at radius 1 is 1.21 bits per heavy atom. The Hall–Kier alpha value is -2.82. The molecule has 0 unspecified atom stereocenters. The molecule has 5 heteroatoms. The number of ether oxygens (including phenoxy) is 1. The van der Waals surface area contributed by atoms with E-state index in [0.717, 1.165) is 22.4 Å². The van der Waals surface area contributed by atoms with Gasteiger partial charge < -0.3 is 15.4 Å². The molecule has 2 N–H and O–H groups in total. The number of amides is 2. The predicted molar refractivity (Wildman–Crippen MR) is 91.4 cm³/mol. The van der Waals surface area contributed by atoms with Gasteiger partial charge in [-0.2, -0.15) is 0 Å². The lowest BCUT2D eigenvalue weighted by atomic mass is 10.0. The largest absolute Gasteiger partial charge is 0.497 e. The number of methoxy groups -OCH3 is 1. The smallest absolute Gasteiger partial charge is 0.242 e. The Balaban J connectivity index is 1.60. The molecule has 2 amide bonds. The highest BCUT2D eigenvalue weighted by Crippen LogP contribution is 2.24. The van der Waals surface area contributed by atoms with Gasteiger partial charge in [-0.05, 0) is 35.2 Å². The minimum Gasteiger partial charge on any atom is -0.497 e. The van der Waals surface area contributed by atoms with E-state index in [1.807, 2.05) is 48.5 Å². The third kappa shape index (κ3) is 3.74. The van der Waals surface area contributed by atoms with Gasteiger partial charge in [-0.15, -0.1) is 0 Å². The fourth-order valence-electron chi connectivity index (χ4n) is 2.74. The summed E-state index contributed by atoms with van der Waals surface area (Å²) in [6.07, 6.45) is 0.993. The van der Waals surface area contributed by atoms with E-state index in [9.17, 15) is 9.59 Å². The molecule has 1 aliphatic rings. The van der Waals surface area contributed by atoms with Gasteiger partial charge in [0.2, 0.25) is 11.8 Å². The van der Waals surface area contributed by atoms with Gasteiger partial charge >= 0.3 is 0 Å². The molecule has 124 valence electrons. The van der Waals surface area contributed by atoms with Crippen LogP contribution in [0.2, 0.25) is 0 Å². The number of hydrogen-bond acceptors (Lipinski definition) is 3. The average Bonchev–Trinajstić information content (AvgIpc) is 3.06. The van der Waals surface area contributed by atoms with Crippen molar-refractivity contribution >= 4 is 11.8 Å². The fourth-order valence-corrected chi connectivity index (χ4v) is 2.74. The Morgan fingerprint density at radius 3 is 2.67 bits per heavy atom. The molecule has 0 aromatic heterocycles. The monoisotopic (exact) mass is 324 g/mol. The highest BCUT2D eigenvalue weighted by Gasteiger charge is 2.26. The molecule has 3 rings (SSSR count). The molecule has 1 atom stereocenters. The second kappa shape index (κ2) is 7.17. The molecule has 1 heterocycles. The van der Waals surface area contributed by atoms with Crippen LogP contribution in [0.25, 0.3) is 11.1 Å². The van der Waals surface area contributed by atoms with Crippen LogP contribution in [0.1, 0.15) is 18.4 Å². The van der Waals surface area contributed by atoms with Crippen molar-refractivity contribution in [3.05, 3.63) is 54.1 Å². The van der Waals surface area contributed by atoms with Crippen molar-refractivity contribution in [1.82, 2.24) is 10.6 Å². The van der Waals surface area contributed by atoms with Gasteiger partial charge in [0.15, 0.2) is 0 Å². The molecule has 2 aromatic rings. The average molecular weight is 324 g/mol. The highest BCUT2D eigenvalue weighted by molar-refractivity contribution is 5.90. The van der Waals surface area contributed by atoms with Gasteiger partial charge in [0.05, 0.1) is 7.11 Å². The third-order valence-electron chi connectivity index (χ3n) is 4.14. The van der Waals surface area contributed by atoms with Crippen LogP contribution in [-0.4, -0.2) is 25.0 Å². The van der Waals surface area contributed by atoms with Crippen molar-refractivity contribution in [1.29, 1.82) is 0 Å². The van der Waals surface area contributed by atoms with E-state index in [1.54, 1.807) is 7.11 Å². The summed E-state index contributed by atoms with van der Waals surface area (Å²) < 4.78 is 5.24. The fraction of sp³-hybridized carbons (Fsp3) is 0.263. The van der Waals surface area contributed by atoms with E-state index >= 15 is 0 Å². The molecule has 24 heavy (non-hydrogen) atoms. The SMILES string of the molecule is COc1cccc(-c2ccc(CNC(=O)[C@H]3CCC(=O)N3)cc2)c1. The lowest BCUT2D eigenvalue weighted by Gasteiger charge is -2.11. The quantitative estimate of drug-likeness (QED) is 0.886. The number of carbonyl (C=O) groups excluding carboxylic acids is 2. The Bertz CT molecular complexity index is 741. The zero-order chi connectivity index (χ0) is 16.9. The van der Waals surface area contributed by atoms with Gasteiger partial charge in [0.25, 0.3) is 0 Å². The number of hydrogen-bond donors (Lipinski definition) is 2. The normalized spacial score (nSPS) is 16.5. The van der Waals surface area contributed by atoms with Crippen LogP contribution in [-0.2, 0) is 16.1 Å². The van der Waals surface area contributed by atoms with Crippen molar-refractivity contribution in [3.8, 4) is 16.9 Å². The number of nitrogens with one attached hydrogen (secondary N) is 2. The lowest BCUT2D eigenvalue weighted by molar-refractivity contribution is -0.125. The maximum Gasteiger partial charge on any atom is 0.242 e. The van der Waals surface area contributed by atoms with Crippen molar-refractivity contribution in [3.63, 3.8) is 0 Å². The molecule has 5 nitrogen and oxygen atoms in total. The van der Waals surface area contributed by atoms with Crippen LogP contribution in [0.5, 0.6) is 5.75 Å². The molecule has 0 aliphatic carbocycles. The first kappa shape index (κ1) is 16.1. The molecule has 0 radical (unpaired) electrons. The summed E-state index contributed by atoms with van der Waals surface area (Å²) in [5.74, 6) is 0.637. The van der Waals surface area contributed by atoms with Crippen molar-refractivity contribution in [2.45, 2.75) is 25.4 Å².